The van der Waals surface area contributed by atoms with Crippen LogP contribution in [0.4, 0.5) is 5.95 Å². The van der Waals surface area contributed by atoms with Gasteiger partial charge in [-0.15, -0.1) is 12.4 Å². The summed E-state index contributed by atoms with van der Waals surface area (Å²) in [7, 11) is 0. The molecule has 1 aromatic heterocycles. The van der Waals surface area contributed by atoms with E-state index < -0.39 is 0 Å². The fourth-order valence-corrected chi connectivity index (χ4v) is 1.99. The van der Waals surface area contributed by atoms with Crippen molar-refractivity contribution in [2.45, 2.75) is 0 Å². The predicted molar refractivity (Wildman–Crippen MR) is 74.1 cm³/mol. The first-order valence-electron chi connectivity index (χ1n) is 4.85. The summed E-state index contributed by atoms with van der Waals surface area (Å²) >= 11 is 11.9. The van der Waals surface area contributed by atoms with Crippen LogP contribution in [0.25, 0.3) is 11.0 Å². The lowest BCUT2D eigenvalue weighted by Crippen LogP contribution is -2.19. The quantitative estimate of drug-likeness (QED) is 0.877. The summed E-state index contributed by atoms with van der Waals surface area (Å²) in [6.07, 6.45) is 1.78. The van der Waals surface area contributed by atoms with E-state index in [4.69, 9.17) is 23.2 Å². The van der Waals surface area contributed by atoms with Crippen molar-refractivity contribution in [3.8, 4) is 0 Å². The molecular weight excluding hydrogens is 282 g/mol. The normalized spacial score (nSPS) is 14.4. The van der Waals surface area contributed by atoms with Crippen molar-refractivity contribution in [2.24, 2.45) is 4.99 Å². The molecule has 0 unspecified atom stereocenters. The smallest absolute Gasteiger partial charge is 0.209 e. The standard InChI is InChI=1S/C10H8Cl2N4.ClH/c11-6-3-8-9(4-7(6)12)15-10(14-8)16-2-1-13-5-16;/h3-5H,1-2H2,(H,14,15);1H. The summed E-state index contributed by atoms with van der Waals surface area (Å²) in [5.41, 5.74) is 1.69. The first kappa shape index (κ1) is 12.5. The van der Waals surface area contributed by atoms with E-state index >= 15 is 0 Å². The minimum atomic E-state index is 0. The van der Waals surface area contributed by atoms with Crippen molar-refractivity contribution in [1.82, 2.24) is 9.97 Å². The molecule has 2 aromatic rings. The van der Waals surface area contributed by atoms with Crippen molar-refractivity contribution in [3.05, 3.63) is 22.2 Å². The minimum absolute atomic E-state index is 0. The summed E-state index contributed by atoms with van der Waals surface area (Å²) in [4.78, 5) is 13.7. The van der Waals surface area contributed by atoms with Gasteiger partial charge in [-0.1, -0.05) is 23.2 Å². The molecule has 0 spiro atoms. The van der Waals surface area contributed by atoms with Gasteiger partial charge in [-0.2, -0.15) is 0 Å². The van der Waals surface area contributed by atoms with E-state index in [-0.39, 0.29) is 12.4 Å². The van der Waals surface area contributed by atoms with E-state index in [1.807, 2.05) is 4.90 Å². The number of rotatable bonds is 1. The molecule has 0 bridgehead atoms. The Morgan fingerprint density at radius 3 is 2.71 bits per heavy atom. The van der Waals surface area contributed by atoms with Gasteiger partial charge in [-0.3, -0.25) is 4.99 Å². The van der Waals surface area contributed by atoms with E-state index in [0.717, 1.165) is 30.1 Å². The van der Waals surface area contributed by atoms with E-state index in [2.05, 4.69) is 15.0 Å². The molecule has 0 saturated heterocycles. The van der Waals surface area contributed by atoms with Crippen molar-refractivity contribution in [2.75, 3.05) is 18.0 Å². The average molecular weight is 292 g/mol. The summed E-state index contributed by atoms with van der Waals surface area (Å²) in [6.45, 7) is 1.65. The fourth-order valence-electron chi connectivity index (χ4n) is 1.67. The second-order valence-corrected chi connectivity index (χ2v) is 4.37. The Balaban J connectivity index is 0.00000108. The Hall–Kier alpha value is -0.970. The number of halogens is 3. The largest absolute Gasteiger partial charge is 0.324 e. The molecule has 1 aliphatic heterocycles. The van der Waals surface area contributed by atoms with Crippen LogP contribution in [-0.4, -0.2) is 29.4 Å². The summed E-state index contributed by atoms with van der Waals surface area (Å²) in [5.74, 6) is 0.773. The van der Waals surface area contributed by atoms with Crippen LogP contribution in [0.15, 0.2) is 17.1 Å². The van der Waals surface area contributed by atoms with Crippen molar-refractivity contribution in [3.63, 3.8) is 0 Å². The third-order valence-corrected chi connectivity index (χ3v) is 3.20. The molecule has 0 aliphatic carbocycles. The molecule has 4 nitrogen and oxygen atoms in total. The Kier molecular flexibility index (Phi) is 3.47. The van der Waals surface area contributed by atoms with Crippen LogP contribution in [0.3, 0.4) is 0 Å². The molecule has 0 fully saturated rings. The van der Waals surface area contributed by atoms with E-state index in [1.54, 1.807) is 18.5 Å². The molecule has 2 heterocycles. The molecule has 0 amide bonds. The van der Waals surface area contributed by atoms with Crippen LogP contribution in [0.1, 0.15) is 0 Å². The molecule has 3 rings (SSSR count). The van der Waals surface area contributed by atoms with Gasteiger partial charge in [0.1, 0.15) is 0 Å². The first-order chi connectivity index (χ1) is 7.74. The number of aromatic amines is 1. The molecule has 1 N–H and O–H groups in total. The molecule has 17 heavy (non-hydrogen) atoms. The molecule has 1 aliphatic rings. The van der Waals surface area contributed by atoms with Crippen LogP contribution in [0.5, 0.6) is 0 Å². The van der Waals surface area contributed by atoms with Crippen molar-refractivity contribution in [1.29, 1.82) is 0 Å². The van der Waals surface area contributed by atoms with Crippen LogP contribution in [-0.2, 0) is 0 Å². The number of aliphatic imine (C=N–C) groups is 1. The number of nitrogens with zero attached hydrogens (tertiary/aromatic N) is 3. The topological polar surface area (TPSA) is 44.3 Å². The van der Waals surface area contributed by atoms with Gasteiger partial charge in [-0.25, -0.2) is 4.98 Å². The molecule has 0 atom stereocenters. The second kappa shape index (κ2) is 4.72. The highest BCUT2D eigenvalue weighted by Gasteiger charge is 2.13. The third-order valence-electron chi connectivity index (χ3n) is 2.47. The van der Waals surface area contributed by atoms with Gasteiger partial charge in [0.05, 0.1) is 34.0 Å². The molecule has 7 heteroatoms. The van der Waals surface area contributed by atoms with Gasteiger partial charge in [0.2, 0.25) is 5.95 Å². The predicted octanol–water partition coefficient (Wildman–Crippen LogP) is 3.14. The number of benzene rings is 1. The van der Waals surface area contributed by atoms with Crippen molar-refractivity contribution < 1.29 is 0 Å². The van der Waals surface area contributed by atoms with Crippen LogP contribution in [0, 0.1) is 0 Å². The Morgan fingerprint density at radius 2 is 2.00 bits per heavy atom. The van der Waals surface area contributed by atoms with E-state index in [1.165, 1.54) is 0 Å². The van der Waals surface area contributed by atoms with E-state index in [0.29, 0.717) is 10.0 Å². The lowest BCUT2D eigenvalue weighted by Gasteiger charge is -2.07. The number of nitrogens with one attached hydrogen (secondary N) is 1. The van der Waals surface area contributed by atoms with Gasteiger partial charge < -0.3 is 9.88 Å². The number of fused-ring (bicyclic) bond motifs is 1. The van der Waals surface area contributed by atoms with Crippen LogP contribution in [0.2, 0.25) is 10.0 Å². The number of anilines is 1. The highest BCUT2D eigenvalue weighted by atomic mass is 35.5. The lowest BCUT2D eigenvalue weighted by molar-refractivity contribution is 0.991. The number of hydrogen-bond acceptors (Lipinski definition) is 3. The molecule has 0 saturated carbocycles. The number of hydrogen-bond donors (Lipinski definition) is 1. The monoisotopic (exact) mass is 290 g/mol. The van der Waals surface area contributed by atoms with Gasteiger partial charge in [-0.05, 0) is 12.1 Å². The Bertz CT molecular complexity index is 539. The maximum absolute atomic E-state index is 5.94. The third kappa shape index (κ3) is 2.20. The number of H-pyrrole nitrogens is 1. The molecule has 0 radical (unpaired) electrons. The maximum Gasteiger partial charge on any atom is 0.209 e. The highest BCUT2D eigenvalue weighted by molar-refractivity contribution is 6.42. The van der Waals surface area contributed by atoms with Crippen LogP contribution >= 0.6 is 35.6 Å². The highest BCUT2D eigenvalue weighted by Crippen LogP contribution is 2.28. The van der Waals surface area contributed by atoms with E-state index in [9.17, 15) is 0 Å². The molecular formula is C10H9Cl3N4. The number of imidazole rings is 1. The van der Waals surface area contributed by atoms with Gasteiger partial charge in [0.15, 0.2) is 0 Å². The maximum atomic E-state index is 5.94. The van der Waals surface area contributed by atoms with Crippen molar-refractivity contribution >= 4 is 58.9 Å². The first-order valence-corrected chi connectivity index (χ1v) is 5.61. The van der Waals surface area contributed by atoms with Gasteiger partial charge in [0.25, 0.3) is 0 Å². The summed E-state index contributed by atoms with van der Waals surface area (Å²) < 4.78 is 0. The van der Waals surface area contributed by atoms with Gasteiger partial charge >= 0.3 is 0 Å². The zero-order valence-corrected chi connectivity index (χ0v) is 11.0. The zero-order valence-electron chi connectivity index (χ0n) is 8.65. The molecule has 90 valence electrons. The Labute approximate surface area is 114 Å². The summed E-state index contributed by atoms with van der Waals surface area (Å²) in [6, 6.07) is 3.54. The summed E-state index contributed by atoms with van der Waals surface area (Å²) in [5, 5.41) is 1.04. The van der Waals surface area contributed by atoms with Crippen LogP contribution < -0.4 is 4.90 Å². The molecule has 1 aromatic carbocycles. The van der Waals surface area contributed by atoms with Gasteiger partial charge in [0, 0.05) is 6.54 Å². The number of aromatic nitrogens is 2. The second-order valence-electron chi connectivity index (χ2n) is 3.56. The SMILES string of the molecule is Cl.Clc1cc2nc(N3C=NCC3)[nH]c2cc1Cl. The Morgan fingerprint density at radius 1 is 1.24 bits per heavy atom. The average Bonchev–Trinajstić information content (AvgIpc) is 2.86. The lowest BCUT2D eigenvalue weighted by atomic mass is 10.3. The fraction of sp³-hybridized carbons (Fsp3) is 0.200. The minimum Gasteiger partial charge on any atom is -0.324 e. The zero-order chi connectivity index (χ0) is 11.1.